The lowest BCUT2D eigenvalue weighted by Crippen LogP contribution is -2.13. The minimum Gasteiger partial charge on any atom is -0.438 e. The lowest BCUT2D eigenvalue weighted by molar-refractivity contribution is -0.384. The molecule has 0 spiro atoms. The van der Waals surface area contributed by atoms with Crippen LogP contribution in [0, 0.1) is 10.1 Å². The summed E-state index contributed by atoms with van der Waals surface area (Å²) in [4.78, 5) is 21.9. The number of nitrogens with zero attached hydrogens (tertiary/aromatic N) is 1. The molecule has 0 saturated heterocycles. The third-order valence-electron chi connectivity index (χ3n) is 2.49. The van der Waals surface area contributed by atoms with Crippen LogP contribution in [0.3, 0.4) is 0 Å². The SMILES string of the molecule is NS(=O)(=O)c1ccc(C(=O)Nc2cc([N+](=O)[O-])ccc2Cl)o1. The first-order valence-electron chi connectivity index (χ1n) is 5.56. The van der Waals surface area contributed by atoms with Crippen LogP contribution in [0.1, 0.15) is 10.6 Å². The van der Waals surface area contributed by atoms with Crippen molar-refractivity contribution in [2.24, 2.45) is 5.14 Å². The second kappa shape index (κ2) is 5.75. The number of hydrogen-bond donors (Lipinski definition) is 2. The van der Waals surface area contributed by atoms with Gasteiger partial charge < -0.3 is 9.73 Å². The largest absolute Gasteiger partial charge is 0.438 e. The van der Waals surface area contributed by atoms with E-state index < -0.39 is 25.9 Å². The number of furan rings is 1. The van der Waals surface area contributed by atoms with E-state index in [0.717, 1.165) is 18.2 Å². The van der Waals surface area contributed by atoms with Crippen LogP contribution >= 0.6 is 11.6 Å². The van der Waals surface area contributed by atoms with Crippen molar-refractivity contribution in [2.75, 3.05) is 5.32 Å². The standard InChI is InChI=1S/C11H8ClN3O6S/c12-7-2-1-6(15(17)18)5-8(7)14-11(16)9-3-4-10(21-9)22(13,19)20/h1-5H,(H,14,16)(H2,13,19,20). The van der Waals surface area contributed by atoms with Gasteiger partial charge in [-0.3, -0.25) is 14.9 Å². The van der Waals surface area contributed by atoms with E-state index >= 15 is 0 Å². The van der Waals surface area contributed by atoms with Gasteiger partial charge in [0.15, 0.2) is 5.76 Å². The number of rotatable bonds is 4. The van der Waals surface area contributed by atoms with Crippen LogP contribution in [0.25, 0.3) is 0 Å². The number of non-ortho nitro benzene ring substituents is 1. The van der Waals surface area contributed by atoms with Crippen LogP contribution < -0.4 is 10.5 Å². The van der Waals surface area contributed by atoms with Gasteiger partial charge in [-0.1, -0.05) is 11.6 Å². The third kappa shape index (κ3) is 3.42. The monoisotopic (exact) mass is 345 g/mol. The number of nitrogens with one attached hydrogen (secondary N) is 1. The molecule has 1 amide bonds. The molecule has 0 atom stereocenters. The maximum atomic E-state index is 11.9. The quantitative estimate of drug-likeness (QED) is 0.637. The molecule has 9 nitrogen and oxygen atoms in total. The average molecular weight is 346 g/mol. The van der Waals surface area contributed by atoms with Gasteiger partial charge in [0.2, 0.25) is 5.09 Å². The second-order valence-corrected chi connectivity index (χ2v) is 5.94. The number of anilines is 1. The smallest absolute Gasteiger partial charge is 0.291 e. The predicted octanol–water partition coefficient (Wildman–Crippen LogP) is 1.74. The topological polar surface area (TPSA) is 146 Å². The molecule has 2 rings (SSSR count). The van der Waals surface area contributed by atoms with Crippen LogP contribution in [0.4, 0.5) is 11.4 Å². The summed E-state index contributed by atoms with van der Waals surface area (Å²) in [5.41, 5.74) is -0.293. The number of nitro groups is 1. The van der Waals surface area contributed by atoms with Gasteiger partial charge >= 0.3 is 0 Å². The Hall–Kier alpha value is -2.43. The van der Waals surface area contributed by atoms with E-state index in [0.29, 0.717) is 0 Å². The second-order valence-electron chi connectivity index (χ2n) is 4.04. The highest BCUT2D eigenvalue weighted by atomic mass is 35.5. The summed E-state index contributed by atoms with van der Waals surface area (Å²) in [6, 6.07) is 5.58. The van der Waals surface area contributed by atoms with Crippen LogP contribution in [0.15, 0.2) is 39.8 Å². The van der Waals surface area contributed by atoms with Crippen molar-refractivity contribution >= 4 is 38.9 Å². The molecule has 22 heavy (non-hydrogen) atoms. The van der Waals surface area contributed by atoms with Gasteiger partial charge in [0.1, 0.15) is 0 Å². The number of benzene rings is 1. The fourth-order valence-electron chi connectivity index (χ4n) is 1.50. The molecule has 3 N–H and O–H groups in total. The molecule has 0 unspecified atom stereocenters. The molecule has 1 heterocycles. The summed E-state index contributed by atoms with van der Waals surface area (Å²) in [7, 11) is -4.08. The van der Waals surface area contributed by atoms with E-state index in [-0.39, 0.29) is 22.2 Å². The van der Waals surface area contributed by atoms with Gasteiger partial charge in [0.25, 0.3) is 21.6 Å². The van der Waals surface area contributed by atoms with Crippen LogP contribution in [0.5, 0.6) is 0 Å². The van der Waals surface area contributed by atoms with Gasteiger partial charge in [0.05, 0.1) is 15.6 Å². The highest BCUT2D eigenvalue weighted by molar-refractivity contribution is 7.89. The zero-order valence-electron chi connectivity index (χ0n) is 10.6. The Balaban J connectivity index is 2.27. The molecule has 0 radical (unpaired) electrons. The van der Waals surface area contributed by atoms with E-state index in [9.17, 15) is 23.3 Å². The van der Waals surface area contributed by atoms with Crippen LogP contribution in [0.2, 0.25) is 5.02 Å². The van der Waals surface area contributed by atoms with Gasteiger partial charge in [-0.2, -0.15) is 0 Å². The van der Waals surface area contributed by atoms with Gasteiger partial charge in [-0.25, -0.2) is 13.6 Å². The molecule has 0 aliphatic rings. The molecule has 1 aromatic heterocycles. The maximum Gasteiger partial charge on any atom is 0.291 e. The number of carbonyl (C=O) groups is 1. The molecule has 1 aromatic carbocycles. The highest BCUT2D eigenvalue weighted by Crippen LogP contribution is 2.27. The summed E-state index contributed by atoms with van der Waals surface area (Å²) in [5.74, 6) is -1.18. The van der Waals surface area contributed by atoms with Crippen molar-refractivity contribution < 1.29 is 22.6 Å². The first kappa shape index (κ1) is 15.9. The summed E-state index contributed by atoms with van der Waals surface area (Å²) in [5, 5.41) is 17.3. The molecular formula is C11H8ClN3O6S. The normalized spacial score (nSPS) is 11.2. The Morgan fingerprint density at radius 2 is 2.00 bits per heavy atom. The van der Waals surface area contributed by atoms with Crippen molar-refractivity contribution in [3.05, 3.63) is 51.2 Å². The molecule has 11 heteroatoms. The minimum absolute atomic E-state index is 0.0191. The molecular weight excluding hydrogens is 338 g/mol. The summed E-state index contributed by atoms with van der Waals surface area (Å²) in [6.45, 7) is 0. The Morgan fingerprint density at radius 3 is 2.55 bits per heavy atom. The van der Waals surface area contributed by atoms with Gasteiger partial charge in [-0.15, -0.1) is 0 Å². The fraction of sp³-hybridized carbons (Fsp3) is 0. The molecule has 2 aromatic rings. The number of carbonyl (C=O) groups excluding carboxylic acids is 1. The number of halogens is 1. The van der Waals surface area contributed by atoms with E-state index in [1.807, 2.05) is 0 Å². The lowest BCUT2D eigenvalue weighted by atomic mass is 10.2. The van der Waals surface area contributed by atoms with Gasteiger partial charge in [-0.05, 0) is 18.2 Å². The first-order valence-corrected chi connectivity index (χ1v) is 7.49. The summed E-state index contributed by atoms with van der Waals surface area (Å²) in [6.07, 6.45) is 0. The van der Waals surface area contributed by atoms with Gasteiger partial charge in [0, 0.05) is 12.1 Å². The number of nitro benzene ring substituents is 1. The van der Waals surface area contributed by atoms with Crippen LogP contribution in [-0.2, 0) is 10.0 Å². The third-order valence-corrected chi connectivity index (χ3v) is 3.60. The molecule has 116 valence electrons. The molecule has 0 aliphatic carbocycles. The zero-order chi connectivity index (χ0) is 16.5. The van der Waals surface area contributed by atoms with E-state index in [1.54, 1.807) is 0 Å². The summed E-state index contributed by atoms with van der Waals surface area (Å²) >= 11 is 5.83. The number of nitrogens with two attached hydrogens (primary N) is 1. The predicted molar refractivity (Wildman–Crippen MR) is 76.1 cm³/mol. The Morgan fingerprint density at radius 1 is 1.32 bits per heavy atom. The molecule has 0 saturated carbocycles. The van der Waals surface area contributed by atoms with E-state index in [2.05, 4.69) is 5.32 Å². The minimum atomic E-state index is -4.08. The number of sulfonamides is 1. The van der Waals surface area contributed by atoms with Crippen LogP contribution in [-0.4, -0.2) is 19.2 Å². The Labute approximate surface area is 128 Å². The number of amides is 1. The van der Waals surface area contributed by atoms with E-state index in [1.165, 1.54) is 12.1 Å². The van der Waals surface area contributed by atoms with Crippen molar-refractivity contribution in [3.63, 3.8) is 0 Å². The Kier molecular flexibility index (Phi) is 4.17. The Bertz CT molecular complexity index is 860. The number of hydrogen-bond acceptors (Lipinski definition) is 6. The van der Waals surface area contributed by atoms with Crippen molar-refractivity contribution in [1.29, 1.82) is 0 Å². The highest BCUT2D eigenvalue weighted by Gasteiger charge is 2.19. The molecule has 0 fully saturated rings. The zero-order valence-corrected chi connectivity index (χ0v) is 12.2. The number of primary sulfonamides is 1. The fourth-order valence-corrected chi connectivity index (χ4v) is 2.13. The molecule has 0 aliphatic heterocycles. The van der Waals surface area contributed by atoms with E-state index in [4.69, 9.17) is 21.2 Å². The summed E-state index contributed by atoms with van der Waals surface area (Å²) < 4.78 is 26.9. The van der Waals surface area contributed by atoms with Crippen molar-refractivity contribution in [2.45, 2.75) is 5.09 Å². The first-order chi connectivity index (χ1) is 10.2. The molecule has 0 bridgehead atoms. The lowest BCUT2D eigenvalue weighted by Gasteiger charge is -2.05. The van der Waals surface area contributed by atoms with Crippen molar-refractivity contribution in [1.82, 2.24) is 0 Å². The van der Waals surface area contributed by atoms with Crippen molar-refractivity contribution in [3.8, 4) is 0 Å². The average Bonchev–Trinajstić information content (AvgIpc) is 2.90. The maximum absolute atomic E-state index is 11.9.